The average Bonchev–Trinajstić information content (AvgIpc) is 3.26. The summed E-state index contributed by atoms with van der Waals surface area (Å²) in [5.41, 5.74) is 2.26. The number of benzene rings is 2. The highest BCUT2D eigenvalue weighted by molar-refractivity contribution is 6.21. The van der Waals surface area contributed by atoms with E-state index in [1.54, 1.807) is 42.6 Å². The Morgan fingerprint density at radius 1 is 1.13 bits per heavy atom. The molecule has 0 bridgehead atoms. The van der Waals surface area contributed by atoms with Crippen LogP contribution in [-0.2, 0) is 16.0 Å². The zero-order chi connectivity index (χ0) is 21.1. The van der Waals surface area contributed by atoms with Crippen molar-refractivity contribution in [3.05, 3.63) is 66.1 Å². The molecule has 4 rings (SSSR count). The molecule has 1 saturated heterocycles. The Balaban J connectivity index is 1.26. The monoisotopic (exact) mass is 408 g/mol. The summed E-state index contributed by atoms with van der Waals surface area (Å²) in [5, 5.41) is 6.23. The minimum atomic E-state index is -0.722. The van der Waals surface area contributed by atoms with Gasteiger partial charge in [-0.15, -0.1) is 0 Å². The Hall–Kier alpha value is -3.68. The number of anilines is 1. The molecule has 1 aromatic heterocycles. The normalized spacial score (nSPS) is 16.2. The van der Waals surface area contributed by atoms with Crippen LogP contribution in [0.15, 0.2) is 54.7 Å². The second-order valence-electron chi connectivity index (χ2n) is 7.15. The molecule has 30 heavy (non-hydrogen) atoms. The molecule has 154 valence electrons. The van der Waals surface area contributed by atoms with Crippen LogP contribution in [0.4, 0.5) is 14.9 Å². The third kappa shape index (κ3) is 4.03. The predicted molar refractivity (Wildman–Crippen MR) is 110 cm³/mol. The van der Waals surface area contributed by atoms with Gasteiger partial charge >= 0.3 is 6.03 Å². The van der Waals surface area contributed by atoms with Gasteiger partial charge in [-0.2, -0.15) is 0 Å². The van der Waals surface area contributed by atoms with Crippen molar-refractivity contribution >= 4 is 34.4 Å². The number of fused-ring (bicyclic) bond motifs is 1. The van der Waals surface area contributed by atoms with E-state index < -0.39 is 12.1 Å². The van der Waals surface area contributed by atoms with Crippen molar-refractivity contribution in [3.63, 3.8) is 0 Å². The molecular formula is C22H21FN4O3. The molecule has 1 aliphatic rings. The molecule has 0 spiro atoms. The molecule has 3 aromatic rings. The Morgan fingerprint density at radius 2 is 1.93 bits per heavy atom. The van der Waals surface area contributed by atoms with E-state index in [1.165, 1.54) is 12.1 Å². The number of aromatic amines is 1. The van der Waals surface area contributed by atoms with Crippen molar-refractivity contribution in [2.75, 3.05) is 11.4 Å². The summed E-state index contributed by atoms with van der Waals surface area (Å²) in [7, 11) is 0. The highest BCUT2D eigenvalue weighted by atomic mass is 19.1. The van der Waals surface area contributed by atoms with Gasteiger partial charge in [0, 0.05) is 30.1 Å². The zero-order valence-electron chi connectivity index (χ0n) is 16.2. The maximum absolute atomic E-state index is 13.4. The number of H-pyrrole nitrogens is 1. The largest absolute Gasteiger partial charge is 0.361 e. The minimum Gasteiger partial charge on any atom is -0.361 e. The second kappa shape index (κ2) is 8.36. The van der Waals surface area contributed by atoms with Gasteiger partial charge in [-0.3, -0.25) is 9.59 Å². The molecular weight excluding hydrogens is 387 g/mol. The first-order valence-electron chi connectivity index (χ1n) is 9.74. The smallest absolute Gasteiger partial charge is 0.329 e. The van der Waals surface area contributed by atoms with Gasteiger partial charge in [0.25, 0.3) is 5.91 Å². The molecule has 0 unspecified atom stereocenters. The molecule has 7 nitrogen and oxygen atoms in total. The van der Waals surface area contributed by atoms with Crippen LogP contribution in [0.1, 0.15) is 18.4 Å². The number of aromatic nitrogens is 1. The number of para-hydroxylation sites is 1. The van der Waals surface area contributed by atoms with Gasteiger partial charge in [0.05, 0.1) is 5.69 Å². The van der Waals surface area contributed by atoms with Crippen LogP contribution >= 0.6 is 0 Å². The quantitative estimate of drug-likeness (QED) is 0.525. The Labute approximate surface area is 172 Å². The summed E-state index contributed by atoms with van der Waals surface area (Å²) >= 11 is 0. The lowest BCUT2D eigenvalue weighted by atomic mass is 10.1. The first kappa shape index (κ1) is 19.6. The maximum Gasteiger partial charge on any atom is 0.329 e. The molecule has 8 heteroatoms. The molecule has 1 atom stereocenters. The Morgan fingerprint density at radius 3 is 2.73 bits per heavy atom. The molecule has 0 saturated carbocycles. The van der Waals surface area contributed by atoms with Crippen molar-refractivity contribution in [2.24, 2.45) is 0 Å². The van der Waals surface area contributed by atoms with E-state index >= 15 is 0 Å². The molecule has 4 amide bonds. The molecule has 0 aliphatic carbocycles. The lowest BCUT2D eigenvalue weighted by Crippen LogP contribution is -2.33. The minimum absolute atomic E-state index is 0.113. The average molecular weight is 408 g/mol. The van der Waals surface area contributed by atoms with E-state index in [0.29, 0.717) is 18.7 Å². The third-order valence-electron chi connectivity index (χ3n) is 5.14. The molecule has 2 aromatic carbocycles. The molecule has 3 N–H and O–H groups in total. The fourth-order valence-electron chi connectivity index (χ4n) is 3.61. The lowest BCUT2D eigenvalue weighted by molar-refractivity contribution is -0.121. The number of imide groups is 1. The van der Waals surface area contributed by atoms with E-state index in [9.17, 15) is 18.8 Å². The van der Waals surface area contributed by atoms with Crippen LogP contribution in [0.3, 0.4) is 0 Å². The molecule has 2 heterocycles. The van der Waals surface area contributed by atoms with E-state index in [0.717, 1.165) is 21.4 Å². The fraction of sp³-hybridized carbons (Fsp3) is 0.227. The van der Waals surface area contributed by atoms with Crippen molar-refractivity contribution in [3.8, 4) is 0 Å². The second-order valence-corrected chi connectivity index (χ2v) is 7.15. The lowest BCUT2D eigenvalue weighted by Gasteiger charge is -2.12. The van der Waals surface area contributed by atoms with Gasteiger partial charge in [0.15, 0.2) is 0 Å². The van der Waals surface area contributed by atoms with Crippen molar-refractivity contribution in [1.29, 1.82) is 0 Å². The van der Waals surface area contributed by atoms with E-state index in [4.69, 9.17) is 0 Å². The van der Waals surface area contributed by atoms with Crippen LogP contribution in [-0.4, -0.2) is 35.4 Å². The number of hydrogen-bond acceptors (Lipinski definition) is 3. The van der Waals surface area contributed by atoms with Gasteiger partial charge < -0.3 is 15.6 Å². The summed E-state index contributed by atoms with van der Waals surface area (Å²) in [6, 6.07) is 12.0. The number of rotatable bonds is 7. The van der Waals surface area contributed by atoms with Crippen LogP contribution in [0.25, 0.3) is 10.9 Å². The first-order valence-corrected chi connectivity index (χ1v) is 9.74. The highest BCUT2D eigenvalue weighted by Gasteiger charge is 2.38. The summed E-state index contributed by atoms with van der Waals surface area (Å²) in [6.07, 6.45) is 2.69. The van der Waals surface area contributed by atoms with Crippen LogP contribution in [0.2, 0.25) is 0 Å². The summed E-state index contributed by atoms with van der Waals surface area (Å²) in [4.78, 5) is 41.0. The number of carbonyl (C=O) groups excluding carboxylic acids is 3. The maximum atomic E-state index is 13.4. The molecule has 1 fully saturated rings. The standard InChI is InChI=1S/C22H21FN4O3/c23-15-6-7-18-17(12-15)14(13-25-18)10-11-24-20(28)9-8-19-21(29)27(22(30)26-19)16-4-2-1-3-5-16/h1-7,12-13,19,25H,8-11H2,(H,24,28)(H,26,30)/t19-/m1/s1. The fourth-order valence-corrected chi connectivity index (χ4v) is 3.61. The van der Waals surface area contributed by atoms with Crippen molar-refractivity contribution in [2.45, 2.75) is 25.3 Å². The number of carbonyl (C=O) groups is 3. The SMILES string of the molecule is O=C(CC[C@H]1NC(=O)N(c2ccccc2)C1=O)NCCc1c[nH]c2ccc(F)cc12. The van der Waals surface area contributed by atoms with Crippen molar-refractivity contribution < 1.29 is 18.8 Å². The third-order valence-corrected chi connectivity index (χ3v) is 5.14. The predicted octanol–water partition coefficient (Wildman–Crippen LogP) is 2.87. The first-order chi connectivity index (χ1) is 14.5. The summed E-state index contributed by atoms with van der Waals surface area (Å²) < 4.78 is 13.4. The Bertz CT molecular complexity index is 1100. The van der Waals surface area contributed by atoms with Crippen LogP contribution in [0.5, 0.6) is 0 Å². The van der Waals surface area contributed by atoms with Crippen LogP contribution < -0.4 is 15.5 Å². The van der Waals surface area contributed by atoms with Gasteiger partial charge in [-0.05, 0) is 48.7 Å². The number of nitrogens with zero attached hydrogens (tertiary/aromatic N) is 1. The Kier molecular flexibility index (Phi) is 5.47. The van der Waals surface area contributed by atoms with Crippen molar-refractivity contribution in [1.82, 2.24) is 15.6 Å². The topological polar surface area (TPSA) is 94.3 Å². The van der Waals surface area contributed by atoms with Gasteiger partial charge in [-0.25, -0.2) is 14.1 Å². The van der Waals surface area contributed by atoms with Gasteiger partial charge in [-0.1, -0.05) is 18.2 Å². The molecule has 1 aliphatic heterocycles. The van der Waals surface area contributed by atoms with Gasteiger partial charge in [0.1, 0.15) is 11.9 Å². The van der Waals surface area contributed by atoms with Gasteiger partial charge in [0.2, 0.25) is 5.91 Å². The number of nitrogens with one attached hydrogen (secondary N) is 3. The van der Waals surface area contributed by atoms with E-state index in [2.05, 4.69) is 15.6 Å². The number of urea groups is 1. The number of halogens is 1. The van der Waals surface area contributed by atoms with E-state index in [1.807, 2.05) is 0 Å². The summed E-state index contributed by atoms with van der Waals surface area (Å²) in [5.74, 6) is -0.874. The van der Waals surface area contributed by atoms with E-state index in [-0.39, 0.29) is 30.5 Å². The van der Waals surface area contributed by atoms with Crippen LogP contribution in [0, 0.1) is 5.82 Å². The highest BCUT2D eigenvalue weighted by Crippen LogP contribution is 2.21. The zero-order valence-corrected chi connectivity index (χ0v) is 16.2. The summed E-state index contributed by atoms with van der Waals surface area (Å²) in [6.45, 7) is 0.392. The molecule has 0 radical (unpaired) electrons. The number of amides is 4. The number of hydrogen-bond donors (Lipinski definition) is 3.